The average molecular weight is 865 g/mol. The van der Waals surface area contributed by atoms with Gasteiger partial charge < -0.3 is 54.5 Å². The third-order valence-electron chi connectivity index (χ3n) is 13.2. The number of aromatic amines is 2. The number of nitrogens with zero attached hydrogens (tertiary/aromatic N) is 4. The van der Waals surface area contributed by atoms with Gasteiger partial charge in [0.1, 0.15) is 36.1 Å². The van der Waals surface area contributed by atoms with Crippen molar-refractivity contribution < 1.29 is 43.2 Å². The number of carbonyl (C=O) groups is 4. The highest BCUT2D eigenvalue weighted by Gasteiger charge is 2.43. The first kappa shape index (κ1) is 43.4. The standard InChI is InChI=1S/C46H56N8O9/c1-8-23(2)38(51-45(57)58)43(55)53-20-26(21-60-5)15-36(53)42-48-33-13-11-27-17-32-30-12-10-28(16-29(30)22-63-37(32)18-31(27)40(33)50-42)34-19-47-41(49-34)35-14-9-24(3)54(35)44(56)39(25(4)61-6)52-46(59)62-7/h10-13,16-19,23-26,35-36,38-39,51H,8-9,14-15,20-22H2,1-7H3,(H,47,49)(H,48,50)(H,52,59)(H,57,58)/t23-,24-,25+,26-,35-,36-,38-,39-/m0/s1. The first-order chi connectivity index (χ1) is 30.3. The van der Waals surface area contributed by atoms with E-state index in [2.05, 4.69) is 44.9 Å². The fourth-order valence-corrected chi connectivity index (χ4v) is 9.55. The van der Waals surface area contributed by atoms with Crippen molar-refractivity contribution in [2.24, 2.45) is 11.8 Å². The summed E-state index contributed by atoms with van der Waals surface area (Å²) < 4.78 is 22.2. The van der Waals surface area contributed by atoms with Crippen LogP contribution in [0, 0.1) is 11.8 Å². The minimum Gasteiger partial charge on any atom is -0.488 e. The molecule has 5 heterocycles. The molecule has 5 N–H and O–H groups in total. The first-order valence-corrected chi connectivity index (χ1v) is 21.6. The fraction of sp³-hybridized carbons (Fsp3) is 0.478. The van der Waals surface area contributed by atoms with Gasteiger partial charge in [-0.25, -0.2) is 19.6 Å². The summed E-state index contributed by atoms with van der Waals surface area (Å²) in [5.41, 5.74) is 6.35. The monoisotopic (exact) mass is 864 g/mol. The Hall–Kier alpha value is -6.20. The van der Waals surface area contributed by atoms with Crippen molar-refractivity contribution in [1.29, 1.82) is 0 Å². The van der Waals surface area contributed by atoms with Crippen LogP contribution in [0.3, 0.4) is 0 Å². The Morgan fingerprint density at radius 2 is 1.76 bits per heavy atom. The second-order valence-corrected chi connectivity index (χ2v) is 17.1. The van der Waals surface area contributed by atoms with E-state index in [1.54, 1.807) is 30.0 Å². The summed E-state index contributed by atoms with van der Waals surface area (Å²) >= 11 is 0. The quantitative estimate of drug-likeness (QED) is 0.0841. The Bertz CT molecular complexity index is 2540. The summed E-state index contributed by atoms with van der Waals surface area (Å²) in [5.74, 6) is 1.38. The number of ether oxygens (including phenoxy) is 4. The second-order valence-electron chi connectivity index (χ2n) is 17.1. The van der Waals surface area contributed by atoms with Crippen molar-refractivity contribution in [3.8, 4) is 28.1 Å². The highest BCUT2D eigenvalue weighted by atomic mass is 16.5. The van der Waals surface area contributed by atoms with Gasteiger partial charge in [0.05, 0.1) is 54.8 Å². The highest BCUT2D eigenvalue weighted by molar-refractivity contribution is 6.07. The zero-order valence-corrected chi connectivity index (χ0v) is 36.7. The van der Waals surface area contributed by atoms with Gasteiger partial charge in [-0.3, -0.25) is 9.59 Å². The first-order valence-electron chi connectivity index (χ1n) is 21.6. The van der Waals surface area contributed by atoms with Gasteiger partial charge in [-0.15, -0.1) is 0 Å². The number of H-pyrrole nitrogens is 2. The summed E-state index contributed by atoms with van der Waals surface area (Å²) in [7, 11) is 4.40. The molecule has 3 aliphatic rings. The number of benzene rings is 3. The largest absolute Gasteiger partial charge is 0.488 e. The molecule has 0 unspecified atom stereocenters. The van der Waals surface area contributed by atoms with Crippen molar-refractivity contribution in [3.63, 3.8) is 0 Å². The van der Waals surface area contributed by atoms with Crippen LogP contribution in [0.2, 0.25) is 0 Å². The van der Waals surface area contributed by atoms with Crippen LogP contribution in [0.1, 0.15) is 82.7 Å². The number of carbonyl (C=O) groups excluding carboxylic acids is 3. The van der Waals surface area contributed by atoms with E-state index < -0.39 is 36.4 Å². The van der Waals surface area contributed by atoms with Crippen LogP contribution in [-0.2, 0) is 30.4 Å². The normalized spacial score (nSPS) is 21.3. The molecule has 17 heteroatoms. The zero-order chi connectivity index (χ0) is 44.7. The van der Waals surface area contributed by atoms with E-state index in [4.69, 9.17) is 28.9 Å². The van der Waals surface area contributed by atoms with Gasteiger partial charge in [0.2, 0.25) is 11.8 Å². The van der Waals surface area contributed by atoms with Crippen molar-refractivity contribution in [3.05, 3.63) is 65.9 Å². The Morgan fingerprint density at radius 1 is 0.952 bits per heavy atom. The van der Waals surface area contributed by atoms with Crippen molar-refractivity contribution in [2.45, 2.75) is 96.3 Å². The van der Waals surface area contributed by atoms with Gasteiger partial charge in [0.25, 0.3) is 0 Å². The number of alkyl carbamates (subject to hydrolysis) is 1. The molecule has 63 heavy (non-hydrogen) atoms. The van der Waals surface area contributed by atoms with Crippen LogP contribution in [-0.4, -0.2) is 118 Å². The number of nitrogens with one attached hydrogen (secondary N) is 4. The number of amides is 4. The molecule has 2 aromatic heterocycles. The maximum Gasteiger partial charge on any atom is 0.407 e. The highest BCUT2D eigenvalue weighted by Crippen LogP contribution is 2.44. The number of rotatable bonds is 13. The maximum atomic E-state index is 14.1. The summed E-state index contributed by atoms with van der Waals surface area (Å²) in [5, 5.41) is 16.6. The predicted molar refractivity (Wildman–Crippen MR) is 234 cm³/mol. The molecule has 0 saturated carbocycles. The summed E-state index contributed by atoms with van der Waals surface area (Å²) in [6.45, 7) is 8.80. The van der Waals surface area contributed by atoms with Gasteiger partial charge in [0, 0.05) is 43.7 Å². The number of likely N-dealkylation sites (tertiary alicyclic amines) is 2. The molecule has 4 amide bonds. The van der Waals surface area contributed by atoms with Gasteiger partial charge in [0.15, 0.2) is 0 Å². The van der Waals surface area contributed by atoms with Gasteiger partial charge in [-0.05, 0) is 85.4 Å². The van der Waals surface area contributed by atoms with E-state index >= 15 is 0 Å². The number of aromatic nitrogens is 4. The molecule has 2 fully saturated rings. The lowest BCUT2D eigenvalue weighted by Crippen LogP contribution is -2.55. The Labute approximate surface area is 365 Å². The average Bonchev–Trinajstić information content (AvgIpc) is 4.11. The van der Waals surface area contributed by atoms with Crippen LogP contribution in [0.5, 0.6) is 5.75 Å². The smallest absolute Gasteiger partial charge is 0.407 e. The molecule has 334 valence electrons. The predicted octanol–water partition coefficient (Wildman–Crippen LogP) is 6.70. The number of methoxy groups -OCH3 is 3. The van der Waals surface area contributed by atoms with Crippen molar-refractivity contribution in [2.75, 3.05) is 34.5 Å². The Balaban J connectivity index is 1.05. The molecule has 3 aromatic carbocycles. The van der Waals surface area contributed by atoms with E-state index in [-0.39, 0.29) is 35.7 Å². The van der Waals surface area contributed by atoms with E-state index in [1.165, 1.54) is 14.2 Å². The maximum absolute atomic E-state index is 14.1. The fourth-order valence-electron chi connectivity index (χ4n) is 9.55. The third-order valence-corrected chi connectivity index (χ3v) is 13.2. The summed E-state index contributed by atoms with van der Waals surface area (Å²) in [4.78, 5) is 72.2. The Morgan fingerprint density at radius 3 is 2.49 bits per heavy atom. The van der Waals surface area contributed by atoms with Gasteiger partial charge >= 0.3 is 12.2 Å². The number of fused-ring (bicyclic) bond motifs is 6. The molecule has 0 bridgehead atoms. The van der Waals surface area contributed by atoms with E-state index in [1.807, 2.05) is 39.0 Å². The lowest BCUT2D eigenvalue weighted by molar-refractivity contribution is -0.139. The molecule has 0 spiro atoms. The lowest BCUT2D eigenvalue weighted by Gasteiger charge is -2.33. The van der Waals surface area contributed by atoms with Crippen LogP contribution < -0.4 is 15.4 Å². The number of imidazole rings is 2. The molecule has 2 saturated heterocycles. The lowest BCUT2D eigenvalue weighted by atomic mass is 9.92. The van der Waals surface area contributed by atoms with E-state index in [0.29, 0.717) is 50.7 Å². The number of hydrogen-bond acceptors (Lipinski definition) is 10. The van der Waals surface area contributed by atoms with Gasteiger partial charge in [-0.1, -0.05) is 38.5 Å². The molecule has 17 nitrogen and oxygen atoms in total. The summed E-state index contributed by atoms with van der Waals surface area (Å²) in [6.07, 6.45) is 2.01. The van der Waals surface area contributed by atoms with Crippen molar-refractivity contribution >= 4 is 45.8 Å². The Kier molecular flexibility index (Phi) is 12.3. The minimum absolute atomic E-state index is 0.0614. The zero-order valence-electron chi connectivity index (χ0n) is 36.7. The molecule has 3 aliphatic heterocycles. The molecule has 0 radical (unpaired) electrons. The number of carboxylic acid groups (broad SMARTS) is 1. The molecular weight excluding hydrogens is 809 g/mol. The van der Waals surface area contributed by atoms with Crippen LogP contribution in [0.4, 0.5) is 9.59 Å². The third kappa shape index (κ3) is 8.26. The number of hydrogen-bond donors (Lipinski definition) is 5. The van der Waals surface area contributed by atoms with Crippen LogP contribution in [0.15, 0.2) is 48.7 Å². The molecule has 8 rings (SSSR count). The molecular formula is C46H56N8O9. The summed E-state index contributed by atoms with van der Waals surface area (Å²) in [6, 6.07) is 11.8. The molecule has 5 aromatic rings. The molecule has 8 atom stereocenters. The topological polar surface area (TPSA) is 213 Å². The van der Waals surface area contributed by atoms with Crippen molar-refractivity contribution in [1.82, 2.24) is 40.4 Å². The van der Waals surface area contributed by atoms with Crippen LogP contribution >= 0.6 is 0 Å². The minimum atomic E-state index is -1.23. The second kappa shape index (κ2) is 17.9. The SMILES string of the molecule is CC[C@H](C)[C@H](NC(=O)O)C(=O)N1C[C@@H](COC)C[C@H]1c1nc2ccc3cc4c(cc3c2[nH]1)OCc1cc(-c2cnc([C@@H]3CC[C@H](C)N3C(=O)[C@@H](NC(=O)OC)[C@@H](C)OC)[nH]2)ccc1-4. The van der Waals surface area contributed by atoms with E-state index in [0.717, 1.165) is 61.9 Å². The van der Waals surface area contributed by atoms with Crippen LogP contribution in [0.25, 0.3) is 44.2 Å². The molecule has 0 aliphatic carbocycles. The van der Waals surface area contributed by atoms with Gasteiger partial charge in [-0.2, -0.15) is 0 Å². The van der Waals surface area contributed by atoms with E-state index in [9.17, 15) is 24.3 Å².